The number of fused-ring (bicyclic) bond motifs is 1. The second-order valence-electron chi connectivity index (χ2n) is 7.09. The summed E-state index contributed by atoms with van der Waals surface area (Å²) in [5.41, 5.74) is 2.91. The molecule has 4 aromatic rings. The van der Waals surface area contributed by atoms with E-state index in [1.165, 1.54) is 0 Å². The molecule has 7 heteroatoms. The lowest BCUT2D eigenvalue weighted by atomic mass is 10.0. The number of aromatic nitrogens is 4. The Morgan fingerprint density at radius 1 is 1.00 bits per heavy atom. The summed E-state index contributed by atoms with van der Waals surface area (Å²) in [6.07, 6.45) is 6.81. The van der Waals surface area contributed by atoms with E-state index in [-0.39, 0.29) is 0 Å². The molecule has 0 aliphatic carbocycles. The number of hydrogen-bond donors (Lipinski definition) is 2. The first kappa shape index (κ1) is 18.2. The molecular weight excluding hydrogens is 374 g/mol. The smallest absolute Gasteiger partial charge is 0.150 e. The number of hydrogen-bond acceptors (Lipinski definition) is 7. The minimum atomic E-state index is 0.652. The van der Waals surface area contributed by atoms with Gasteiger partial charge in [0.15, 0.2) is 0 Å². The van der Waals surface area contributed by atoms with Crippen molar-refractivity contribution in [3.05, 3.63) is 79.5 Å². The molecule has 0 radical (unpaired) electrons. The lowest BCUT2D eigenvalue weighted by Gasteiger charge is -2.30. The number of piperazine rings is 1. The first-order valence-corrected chi connectivity index (χ1v) is 9.83. The fourth-order valence-electron chi connectivity index (χ4n) is 3.64. The van der Waals surface area contributed by atoms with E-state index >= 15 is 0 Å². The quantitative estimate of drug-likeness (QED) is 0.545. The Kier molecular flexibility index (Phi) is 4.78. The van der Waals surface area contributed by atoms with Crippen LogP contribution in [0.5, 0.6) is 0 Å². The molecule has 2 N–H and O–H groups in total. The molecule has 0 unspecified atom stereocenters. The first-order valence-electron chi connectivity index (χ1n) is 9.83. The second kappa shape index (κ2) is 7.88. The molecule has 0 atom stereocenters. The van der Waals surface area contributed by atoms with Crippen LogP contribution in [0.3, 0.4) is 0 Å². The van der Waals surface area contributed by atoms with E-state index < -0.39 is 0 Å². The van der Waals surface area contributed by atoms with Crippen LogP contribution in [-0.2, 0) is 0 Å². The lowest BCUT2D eigenvalue weighted by molar-refractivity contribution is 0.644. The Bertz CT molecular complexity index is 1210. The van der Waals surface area contributed by atoms with Gasteiger partial charge in [0.25, 0.3) is 0 Å². The van der Waals surface area contributed by atoms with Crippen LogP contribution < -0.4 is 15.5 Å². The van der Waals surface area contributed by atoms with Gasteiger partial charge < -0.3 is 15.5 Å². The summed E-state index contributed by atoms with van der Waals surface area (Å²) < 4.78 is 0. The number of rotatable bonds is 4. The normalized spacial score (nSPS) is 14.1. The maximum absolute atomic E-state index is 4.91. The first-order chi connectivity index (χ1) is 14.8. The van der Waals surface area contributed by atoms with E-state index in [1.807, 2.05) is 30.5 Å². The van der Waals surface area contributed by atoms with Crippen molar-refractivity contribution in [2.75, 3.05) is 29.9 Å². The van der Waals surface area contributed by atoms with Crippen LogP contribution in [0, 0.1) is 0 Å². The van der Waals surface area contributed by atoms with Crippen LogP contribution >= 0.6 is 0 Å². The maximum atomic E-state index is 4.91. The molecule has 3 aromatic heterocycles. The highest BCUT2D eigenvalue weighted by molar-refractivity contribution is 5.96. The van der Waals surface area contributed by atoms with Gasteiger partial charge in [0.2, 0.25) is 0 Å². The third-order valence-electron chi connectivity index (χ3n) is 5.08. The van der Waals surface area contributed by atoms with Gasteiger partial charge in [0.05, 0.1) is 11.9 Å². The third kappa shape index (κ3) is 3.58. The summed E-state index contributed by atoms with van der Waals surface area (Å²) in [6, 6.07) is 14.3. The van der Waals surface area contributed by atoms with Gasteiger partial charge in [-0.15, -0.1) is 0 Å². The molecule has 5 rings (SSSR count). The highest BCUT2D eigenvalue weighted by Crippen LogP contribution is 2.31. The molecule has 0 amide bonds. The summed E-state index contributed by atoms with van der Waals surface area (Å²) >= 11 is 0. The number of anilines is 3. The molecule has 1 fully saturated rings. The summed E-state index contributed by atoms with van der Waals surface area (Å²) in [7, 11) is 0. The zero-order chi connectivity index (χ0) is 20.3. The zero-order valence-electron chi connectivity index (χ0n) is 16.4. The molecule has 1 aliphatic heterocycles. The topological polar surface area (TPSA) is 78.9 Å². The van der Waals surface area contributed by atoms with E-state index in [9.17, 15) is 0 Å². The Morgan fingerprint density at radius 3 is 2.80 bits per heavy atom. The van der Waals surface area contributed by atoms with Gasteiger partial charge in [0, 0.05) is 54.9 Å². The van der Waals surface area contributed by atoms with Gasteiger partial charge in [-0.25, -0.2) is 15.0 Å². The molecule has 1 aromatic carbocycles. The van der Waals surface area contributed by atoms with Gasteiger partial charge in [0.1, 0.15) is 17.5 Å². The summed E-state index contributed by atoms with van der Waals surface area (Å²) in [5, 5.41) is 8.77. The molecule has 148 valence electrons. The average molecular weight is 395 g/mol. The van der Waals surface area contributed by atoms with Crippen molar-refractivity contribution in [1.82, 2.24) is 25.3 Å². The van der Waals surface area contributed by atoms with E-state index in [1.54, 1.807) is 18.6 Å². The number of pyridine rings is 2. The molecular formula is C23H21N7. The van der Waals surface area contributed by atoms with Gasteiger partial charge in [-0.2, -0.15) is 0 Å². The Morgan fingerprint density at radius 2 is 1.93 bits per heavy atom. The molecule has 7 nitrogen and oxygen atoms in total. The predicted molar refractivity (Wildman–Crippen MR) is 120 cm³/mol. The van der Waals surface area contributed by atoms with Gasteiger partial charge >= 0.3 is 0 Å². The van der Waals surface area contributed by atoms with E-state index in [4.69, 9.17) is 4.98 Å². The van der Waals surface area contributed by atoms with Crippen molar-refractivity contribution in [3.63, 3.8) is 0 Å². The Balaban J connectivity index is 1.59. The fourth-order valence-corrected chi connectivity index (χ4v) is 3.64. The van der Waals surface area contributed by atoms with Crippen molar-refractivity contribution in [2.45, 2.75) is 0 Å². The molecule has 0 bridgehead atoms. The lowest BCUT2D eigenvalue weighted by Crippen LogP contribution is -2.41. The zero-order valence-corrected chi connectivity index (χ0v) is 16.4. The highest BCUT2D eigenvalue weighted by Gasteiger charge is 2.17. The van der Waals surface area contributed by atoms with E-state index in [2.05, 4.69) is 55.3 Å². The van der Waals surface area contributed by atoms with Crippen LogP contribution in [-0.4, -0.2) is 39.6 Å². The van der Waals surface area contributed by atoms with Crippen LogP contribution in [0.2, 0.25) is 0 Å². The predicted octanol–water partition coefficient (Wildman–Crippen LogP) is 3.75. The Hall–Kier alpha value is -3.84. The molecule has 1 aliphatic rings. The number of benzene rings is 1. The SMILES string of the molecule is C=C1CNCCN1c1cc(-c2nc(Nc3cnccn3)cc3ccccc23)ccn1. The van der Waals surface area contributed by atoms with Crippen LogP contribution in [0.1, 0.15) is 0 Å². The van der Waals surface area contributed by atoms with Gasteiger partial charge in [-0.1, -0.05) is 30.8 Å². The van der Waals surface area contributed by atoms with Crippen molar-refractivity contribution >= 4 is 28.2 Å². The molecule has 1 saturated heterocycles. The summed E-state index contributed by atoms with van der Waals surface area (Å²) in [6.45, 7) is 6.69. The van der Waals surface area contributed by atoms with Crippen molar-refractivity contribution in [1.29, 1.82) is 0 Å². The molecule has 0 spiro atoms. The third-order valence-corrected chi connectivity index (χ3v) is 5.08. The van der Waals surface area contributed by atoms with Crippen LogP contribution in [0.4, 0.5) is 17.5 Å². The van der Waals surface area contributed by atoms with Gasteiger partial charge in [-0.05, 0) is 23.6 Å². The number of nitrogens with one attached hydrogen (secondary N) is 2. The molecule has 0 saturated carbocycles. The second-order valence-corrected chi connectivity index (χ2v) is 7.09. The van der Waals surface area contributed by atoms with Gasteiger partial charge in [-0.3, -0.25) is 4.98 Å². The monoisotopic (exact) mass is 395 g/mol. The van der Waals surface area contributed by atoms with E-state index in [0.29, 0.717) is 11.6 Å². The number of nitrogens with zero attached hydrogens (tertiary/aromatic N) is 5. The Labute approximate surface area is 174 Å². The average Bonchev–Trinajstić information content (AvgIpc) is 2.80. The van der Waals surface area contributed by atoms with Crippen LogP contribution in [0.15, 0.2) is 79.5 Å². The standard InChI is InChI=1S/C23H21N7/c1-16-14-25-10-11-30(16)22-13-18(6-7-27-22)23-19-5-3-2-4-17(19)12-20(29-23)28-21-15-24-8-9-26-21/h2-9,12-13,15,25H,1,10-11,14H2,(H,26,28,29). The summed E-state index contributed by atoms with van der Waals surface area (Å²) in [4.78, 5) is 20.1. The van der Waals surface area contributed by atoms with Crippen LogP contribution in [0.25, 0.3) is 22.0 Å². The van der Waals surface area contributed by atoms with Crippen molar-refractivity contribution in [2.24, 2.45) is 0 Å². The molecule has 30 heavy (non-hydrogen) atoms. The van der Waals surface area contributed by atoms with Crippen molar-refractivity contribution in [3.8, 4) is 11.3 Å². The van der Waals surface area contributed by atoms with E-state index in [0.717, 1.165) is 53.2 Å². The minimum Gasteiger partial charge on any atom is -0.328 e. The fraction of sp³-hybridized carbons (Fsp3) is 0.130. The molecule has 4 heterocycles. The van der Waals surface area contributed by atoms with Crippen molar-refractivity contribution < 1.29 is 0 Å². The maximum Gasteiger partial charge on any atom is 0.150 e. The largest absolute Gasteiger partial charge is 0.328 e. The highest BCUT2D eigenvalue weighted by atomic mass is 15.2. The minimum absolute atomic E-state index is 0.652. The summed E-state index contributed by atoms with van der Waals surface area (Å²) in [5.74, 6) is 2.25.